The van der Waals surface area contributed by atoms with Gasteiger partial charge in [0, 0.05) is 0 Å². The number of hydrogen-bond acceptors (Lipinski definition) is 1. The predicted octanol–water partition coefficient (Wildman–Crippen LogP) is 2.75. The van der Waals surface area contributed by atoms with Gasteiger partial charge in [0.2, 0.25) is 0 Å². The van der Waals surface area contributed by atoms with Crippen molar-refractivity contribution in [2.45, 2.75) is 20.3 Å². The van der Waals surface area contributed by atoms with Gasteiger partial charge in [-0.1, -0.05) is 26.0 Å². The average Bonchev–Trinajstić information content (AvgIpc) is 2.06. The van der Waals surface area contributed by atoms with Crippen molar-refractivity contribution in [3.05, 3.63) is 23.0 Å². The fraction of sp³-hybridized carbons (Fsp3) is 0.600. The fourth-order valence-electron chi connectivity index (χ4n) is 1.05. The zero-order valence-electron chi connectivity index (χ0n) is 7.84. The van der Waals surface area contributed by atoms with Crippen molar-refractivity contribution in [2.75, 3.05) is 13.2 Å². The Hall–Kier alpha value is -0.130. The Morgan fingerprint density at radius 2 is 2.42 bits per heavy atom. The van der Waals surface area contributed by atoms with Crippen LogP contribution in [0.3, 0.4) is 0 Å². The molecule has 1 nitrogen and oxygen atoms in total. The summed E-state index contributed by atoms with van der Waals surface area (Å²) in [5.74, 6) is 0.624. The highest BCUT2D eigenvalue weighted by atomic mass is 31.0. The van der Waals surface area contributed by atoms with E-state index in [2.05, 4.69) is 35.2 Å². The zero-order chi connectivity index (χ0) is 8.97. The minimum Gasteiger partial charge on any atom is -0.377 e. The van der Waals surface area contributed by atoms with Crippen molar-refractivity contribution in [3.8, 4) is 0 Å². The number of allylic oxidation sites excluding steroid dienone is 2. The lowest BCUT2D eigenvalue weighted by Crippen LogP contribution is -2.03. The molecule has 2 heteroatoms. The Bertz CT molecular complexity index is 204. The van der Waals surface area contributed by atoms with Crippen LogP contribution in [0.1, 0.15) is 20.3 Å². The van der Waals surface area contributed by atoms with Crippen LogP contribution in [0.25, 0.3) is 0 Å². The molecule has 0 saturated heterocycles. The summed E-state index contributed by atoms with van der Waals surface area (Å²) in [4.78, 5) is 0. The molecule has 0 bridgehead atoms. The largest absolute Gasteiger partial charge is 0.377 e. The van der Waals surface area contributed by atoms with Gasteiger partial charge in [-0.25, -0.2) is 0 Å². The van der Waals surface area contributed by atoms with Gasteiger partial charge in [0.05, 0.1) is 13.2 Å². The molecule has 1 heterocycles. The molecule has 1 atom stereocenters. The Labute approximate surface area is 77.1 Å². The van der Waals surface area contributed by atoms with E-state index < -0.39 is 0 Å². The molecule has 1 aliphatic rings. The van der Waals surface area contributed by atoms with Crippen LogP contribution in [-0.2, 0) is 4.74 Å². The van der Waals surface area contributed by atoms with Gasteiger partial charge in [0.15, 0.2) is 0 Å². The first-order valence-corrected chi connectivity index (χ1v) is 5.01. The van der Waals surface area contributed by atoms with E-state index >= 15 is 0 Å². The minimum absolute atomic E-state index is 0.624. The van der Waals surface area contributed by atoms with Crippen LogP contribution in [0.15, 0.2) is 23.0 Å². The number of ether oxygens (including phenoxy) is 1. The Kier molecular flexibility index (Phi) is 3.97. The number of rotatable bonds is 2. The summed E-state index contributed by atoms with van der Waals surface area (Å²) >= 11 is 0. The van der Waals surface area contributed by atoms with Crippen LogP contribution in [0, 0.1) is 5.92 Å². The lowest BCUT2D eigenvalue weighted by Gasteiger charge is -2.12. The van der Waals surface area contributed by atoms with E-state index in [-0.39, 0.29) is 0 Å². The first kappa shape index (κ1) is 9.95. The van der Waals surface area contributed by atoms with E-state index in [0.29, 0.717) is 5.92 Å². The molecule has 0 aromatic carbocycles. The van der Waals surface area contributed by atoms with E-state index in [4.69, 9.17) is 4.74 Å². The normalized spacial score (nSPS) is 19.7. The third-order valence-corrected chi connectivity index (χ3v) is 2.85. The van der Waals surface area contributed by atoms with Crippen molar-refractivity contribution in [1.29, 1.82) is 0 Å². The second-order valence-electron chi connectivity index (χ2n) is 3.40. The van der Waals surface area contributed by atoms with Gasteiger partial charge in [0.1, 0.15) is 0 Å². The summed E-state index contributed by atoms with van der Waals surface area (Å²) in [7, 11) is 2.80. The van der Waals surface area contributed by atoms with Crippen molar-refractivity contribution in [2.24, 2.45) is 5.92 Å². The predicted molar refractivity (Wildman–Crippen MR) is 56.2 cm³/mol. The molecule has 0 radical (unpaired) electrons. The van der Waals surface area contributed by atoms with Crippen LogP contribution in [-0.4, -0.2) is 13.2 Å². The maximum Gasteiger partial charge on any atom is 0.0653 e. The highest BCUT2D eigenvalue weighted by Crippen LogP contribution is 2.21. The van der Waals surface area contributed by atoms with Gasteiger partial charge < -0.3 is 4.74 Å². The van der Waals surface area contributed by atoms with Crippen LogP contribution in [0.4, 0.5) is 0 Å². The Morgan fingerprint density at radius 3 is 2.92 bits per heavy atom. The Balaban J connectivity index is 2.58. The van der Waals surface area contributed by atoms with Crippen LogP contribution < -0.4 is 0 Å². The highest BCUT2D eigenvalue weighted by molar-refractivity contribution is 7.22. The van der Waals surface area contributed by atoms with E-state index in [0.717, 1.165) is 19.6 Å². The molecule has 68 valence electrons. The van der Waals surface area contributed by atoms with Crippen molar-refractivity contribution in [3.63, 3.8) is 0 Å². The van der Waals surface area contributed by atoms with Gasteiger partial charge in [-0.2, -0.15) is 0 Å². The van der Waals surface area contributed by atoms with Gasteiger partial charge in [-0.3, -0.25) is 0 Å². The standard InChI is InChI=1S/C10H17OP/c1-8(2)10(12)7-9-3-5-11-6-4-9/h3,7-8H,4-6,12H2,1-2H3/b10-7-. The van der Waals surface area contributed by atoms with E-state index in [9.17, 15) is 0 Å². The molecule has 0 aromatic heterocycles. The maximum absolute atomic E-state index is 5.23. The maximum atomic E-state index is 5.23. The van der Waals surface area contributed by atoms with E-state index in [1.54, 1.807) is 0 Å². The molecule has 0 saturated carbocycles. The van der Waals surface area contributed by atoms with Crippen molar-refractivity contribution >= 4 is 9.24 Å². The van der Waals surface area contributed by atoms with Gasteiger partial charge in [-0.05, 0) is 23.2 Å². The van der Waals surface area contributed by atoms with E-state index in [1.807, 2.05) is 0 Å². The molecule has 1 rings (SSSR count). The van der Waals surface area contributed by atoms with Crippen LogP contribution in [0.5, 0.6) is 0 Å². The minimum atomic E-state index is 0.624. The van der Waals surface area contributed by atoms with Crippen molar-refractivity contribution in [1.82, 2.24) is 0 Å². The molecule has 0 aromatic rings. The molecule has 0 aliphatic carbocycles. The molecule has 1 unspecified atom stereocenters. The summed E-state index contributed by atoms with van der Waals surface area (Å²) in [6.07, 6.45) is 5.48. The smallest absolute Gasteiger partial charge is 0.0653 e. The SMILES string of the molecule is CC(C)/C(P)=C/C1=CCOCC1. The van der Waals surface area contributed by atoms with Gasteiger partial charge in [-0.15, -0.1) is 9.24 Å². The second-order valence-corrected chi connectivity index (χ2v) is 4.07. The fourth-order valence-corrected chi connectivity index (χ4v) is 1.27. The first-order chi connectivity index (χ1) is 5.70. The summed E-state index contributed by atoms with van der Waals surface area (Å²) in [5, 5.41) is 1.38. The van der Waals surface area contributed by atoms with Crippen LogP contribution in [0.2, 0.25) is 0 Å². The average molecular weight is 184 g/mol. The number of hydrogen-bond donors (Lipinski definition) is 0. The highest BCUT2D eigenvalue weighted by Gasteiger charge is 2.02. The monoisotopic (exact) mass is 184 g/mol. The third kappa shape index (κ3) is 3.08. The molecule has 1 aliphatic heterocycles. The molecular formula is C10H17OP. The quantitative estimate of drug-likeness (QED) is 0.599. The third-order valence-electron chi connectivity index (χ3n) is 2.02. The Morgan fingerprint density at radius 1 is 1.67 bits per heavy atom. The topological polar surface area (TPSA) is 9.23 Å². The molecular weight excluding hydrogens is 167 g/mol. The summed E-state index contributed by atoms with van der Waals surface area (Å²) in [5.41, 5.74) is 1.42. The zero-order valence-corrected chi connectivity index (χ0v) is 8.99. The lowest BCUT2D eigenvalue weighted by molar-refractivity contribution is 0.156. The molecule has 12 heavy (non-hydrogen) atoms. The second kappa shape index (κ2) is 4.79. The molecule has 0 N–H and O–H groups in total. The van der Waals surface area contributed by atoms with Gasteiger partial charge in [0.25, 0.3) is 0 Å². The summed E-state index contributed by atoms with van der Waals surface area (Å²) in [6, 6.07) is 0. The molecule has 0 spiro atoms. The summed E-state index contributed by atoms with van der Waals surface area (Å²) < 4.78 is 5.23. The van der Waals surface area contributed by atoms with E-state index in [1.165, 1.54) is 10.9 Å². The first-order valence-electron chi connectivity index (χ1n) is 4.44. The lowest BCUT2D eigenvalue weighted by atomic mass is 10.1. The molecule has 0 fully saturated rings. The molecule has 0 amide bonds. The van der Waals surface area contributed by atoms with Gasteiger partial charge >= 0.3 is 0 Å². The summed E-state index contributed by atoms with van der Waals surface area (Å²) in [6.45, 7) is 6.07. The van der Waals surface area contributed by atoms with Crippen LogP contribution >= 0.6 is 9.24 Å². The van der Waals surface area contributed by atoms with Crippen molar-refractivity contribution < 1.29 is 4.74 Å².